The number of anilines is 1. The molecule has 0 saturated heterocycles. The molecule has 0 fully saturated rings. The summed E-state index contributed by atoms with van der Waals surface area (Å²) in [7, 11) is -3.84. The fourth-order valence-corrected chi connectivity index (χ4v) is 4.67. The molecule has 0 aliphatic carbocycles. The first kappa shape index (κ1) is 21.6. The molecule has 1 amide bonds. The zero-order chi connectivity index (χ0) is 21.7. The SMILES string of the molecule is CC[C@H](NC(=O)c1ccc(C)c(S(=O)(=O)Nc2ccccc2C)c1)c1ccccc1. The van der Waals surface area contributed by atoms with Gasteiger partial charge >= 0.3 is 0 Å². The standard InChI is InChI=1S/C24H26N2O3S/c1-4-21(19-11-6-5-7-12-19)25-24(27)20-15-14-18(3)23(16-20)30(28,29)26-22-13-9-8-10-17(22)2/h5-16,21,26H,4H2,1-3H3,(H,25,27)/t21-/m0/s1. The van der Waals surface area contributed by atoms with E-state index in [1.54, 1.807) is 31.2 Å². The third-order valence-corrected chi connectivity index (χ3v) is 6.55. The molecule has 2 N–H and O–H groups in total. The first-order valence-corrected chi connectivity index (χ1v) is 11.3. The summed E-state index contributed by atoms with van der Waals surface area (Å²) in [6.07, 6.45) is 0.724. The second-order valence-corrected chi connectivity index (χ2v) is 8.90. The van der Waals surface area contributed by atoms with Crippen molar-refractivity contribution in [2.75, 3.05) is 4.72 Å². The molecule has 156 valence electrons. The number of para-hydroxylation sites is 1. The summed E-state index contributed by atoms with van der Waals surface area (Å²) in [4.78, 5) is 13.0. The van der Waals surface area contributed by atoms with E-state index < -0.39 is 10.0 Å². The lowest BCUT2D eigenvalue weighted by atomic mass is 10.0. The van der Waals surface area contributed by atoms with E-state index in [0.29, 0.717) is 16.8 Å². The highest BCUT2D eigenvalue weighted by atomic mass is 32.2. The average Bonchev–Trinajstić information content (AvgIpc) is 2.74. The van der Waals surface area contributed by atoms with Gasteiger partial charge in [-0.25, -0.2) is 8.42 Å². The topological polar surface area (TPSA) is 75.3 Å². The van der Waals surface area contributed by atoms with Crippen molar-refractivity contribution in [1.82, 2.24) is 5.32 Å². The Hall–Kier alpha value is -3.12. The second kappa shape index (κ2) is 9.13. The highest BCUT2D eigenvalue weighted by molar-refractivity contribution is 7.92. The Morgan fingerprint density at radius 3 is 2.23 bits per heavy atom. The minimum absolute atomic E-state index is 0.0890. The number of carbonyl (C=O) groups excluding carboxylic acids is 1. The molecule has 0 bridgehead atoms. The van der Waals surface area contributed by atoms with Crippen LogP contribution < -0.4 is 10.0 Å². The number of hydrogen-bond donors (Lipinski definition) is 2. The van der Waals surface area contributed by atoms with Crippen molar-refractivity contribution < 1.29 is 13.2 Å². The molecule has 1 atom stereocenters. The lowest BCUT2D eigenvalue weighted by molar-refractivity contribution is 0.0935. The van der Waals surface area contributed by atoms with E-state index in [-0.39, 0.29) is 16.8 Å². The average molecular weight is 423 g/mol. The van der Waals surface area contributed by atoms with Crippen LogP contribution in [0, 0.1) is 13.8 Å². The third kappa shape index (κ3) is 4.89. The molecule has 5 nitrogen and oxygen atoms in total. The van der Waals surface area contributed by atoms with Gasteiger partial charge < -0.3 is 5.32 Å². The van der Waals surface area contributed by atoms with E-state index in [1.165, 1.54) is 6.07 Å². The van der Waals surface area contributed by atoms with Crippen LogP contribution in [0.5, 0.6) is 0 Å². The van der Waals surface area contributed by atoms with E-state index in [2.05, 4.69) is 10.0 Å². The Bertz CT molecular complexity index is 1140. The van der Waals surface area contributed by atoms with Gasteiger partial charge in [0.15, 0.2) is 0 Å². The number of carbonyl (C=O) groups is 1. The number of hydrogen-bond acceptors (Lipinski definition) is 3. The Morgan fingerprint density at radius 2 is 1.57 bits per heavy atom. The zero-order valence-electron chi connectivity index (χ0n) is 17.3. The number of rotatable bonds is 7. The fourth-order valence-electron chi connectivity index (χ4n) is 3.27. The van der Waals surface area contributed by atoms with Crippen LogP contribution >= 0.6 is 0 Å². The van der Waals surface area contributed by atoms with Crippen molar-refractivity contribution in [1.29, 1.82) is 0 Å². The van der Waals surface area contributed by atoms with Crippen molar-refractivity contribution in [3.63, 3.8) is 0 Å². The lowest BCUT2D eigenvalue weighted by Gasteiger charge is -2.18. The minimum Gasteiger partial charge on any atom is -0.345 e. The summed E-state index contributed by atoms with van der Waals surface area (Å²) < 4.78 is 28.6. The smallest absolute Gasteiger partial charge is 0.262 e. The van der Waals surface area contributed by atoms with Crippen LogP contribution in [0.3, 0.4) is 0 Å². The highest BCUT2D eigenvalue weighted by Crippen LogP contribution is 2.23. The summed E-state index contributed by atoms with van der Waals surface area (Å²) in [5.41, 5.74) is 3.22. The fraction of sp³-hybridized carbons (Fsp3) is 0.208. The number of sulfonamides is 1. The lowest BCUT2D eigenvalue weighted by Crippen LogP contribution is -2.28. The molecule has 3 aromatic carbocycles. The largest absolute Gasteiger partial charge is 0.345 e. The Labute approximate surface area is 178 Å². The molecule has 30 heavy (non-hydrogen) atoms. The van der Waals surface area contributed by atoms with E-state index in [0.717, 1.165) is 17.5 Å². The van der Waals surface area contributed by atoms with E-state index in [4.69, 9.17) is 0 Å². The van der Waals surface area contributed by atoms with E-state index in [1.807, 2.05) is 56.3 Å². The minimum atomic E-state index is -3.84. The van der Waals surface area contributed by atoms with Crippen molar-refractivity contribution >= 4 is 21.6 Å². The molecular weight excluding hydrogens is 396 g/mol. The monoisotopic (exact) mass is 422 g/mol. The van der Waals surface area contributed by atoms with Gasteiger partial charge in [0, 0.05) is 5.56 Å². The molecular formula is C24H26N2O3S. The number of nitrogens with one attached hydrogen (secondary N) is 2. The maximum atomic E-state index is 13.0. The quantitative estimate of drug-likeness (QED) is 0.563. The normalized spacial score (nSPS) is 12.2. The van der Waals surface area contributed by atoms with Crippen molar-refractivity contribution in [3.8, 4) is 0 Å². The predicted octanol–water partition coefficient (Wildman–Crippen LogP) is 4.99. The van der Waals surface area contributed by atoms with Gasteiger partial charge in [0.25, 0.3) is 15.9 Å². The molecule has 0 radical (unpaired) electrons. The molecule has 0 aliphatic rings. The summed E-state index contributed by atoms with van der Waals surface area (Å²) in [5.74, 6) is -0.307. The van der Waals surface area contributed by atoms with Crippen LogP contribution in [0.25, 0.3) is 0 Å². The molecule has 0 aromatic heterocycles. The van der Waals surface area contributed by atoms with Gasteiger partial charge in [0.1, 0.15) is 0 Å². The number of benzene rings is 3. The van der Waals surface area contributed by atoms with Crippen molar-refractivity contribution in [3.05, 3.63) is 95.1 Å². The van der Waals surface area contributed by atoms with Crippen LogP contribution in [-0.2, 0) is 10.0 Å². The molecule has 0 heterocycles. The van der Waals surface area contributed by atoms with Gasteiger partial charge in [0.2, 0.25) is 0 Å². The van der Waals surface area contributed by atoms with Gasteiger partial charge in [0.05, 0.1) is 16.6 Å². The highest BCUT2D eigenvalue weighted by Gasteiger charge is 2.21. The molecule has 3 aromatic rings. The number of aryl methyl sites for hydroxylation is 2. The molecule has 0 spiro atoms. The van der Waals surface area contributed by atoms with Crippen LogP contribution in [-0.4, -0.2) is 14.3 Å². The second-order valence-electron chi connectivity index (χ2n) is 7.25. The summed E-state index contributed by atoms with van der Waals surface area (Å²) in [6, 6.07) is 21.5. The van der Waals surface area contributed by atoms with Crippen LogP contribution in [0.1, 0.15) is 46.4 Å². The van der Waals surface area contributed by atoms with Crippen molar-refractivity contribution in [2.24, 2.45) is 0 Å². The van der Waals surface area contributed by atoms with Crippen LogP contribution in [0.15, 0.2) is 77.7 Å². The summed E-state index contributed by atoms with van der Waals surface area (Å²) >= 11 is 0. The Balaban J connectivity index is 1.87. The molecule has 0 aliphatic heterocycles. The third-order valence-electron chi connectivity index (χ3n) is 5.04. The molecule has 0 unspecified atom stereocenters. The molecule has 3 rings (SSSR count). The van der Waals surface area contributed by atoms with Crippen LogP contribution in [0.4, 0.5) is 5.69 Å². The first-order valence-electron chi connectivity index (χ1n) is 9.86. The van der Waals surface area contributed by atoms with E-state index in [9.17, 15) is 13.2 Å². The maximum Gasteiger partial charge on any atom is 0.262 e. The summed E-state index contributed by atoms with van der Waals surface area (Å²) in [5, 5.41) is 3.00. The van der Waals surface area contributed by atoms with Gasteiger partial charge in [-0.2, -0.15) is 0 Å². The Kier molecular flexibility index (Phi) is 6.57. The summed E-state index contributed by atoms with van der Waals surface area (Å²) in [6.45, 7) is 5.55. The zero-order valence-corrected chi connectivity index (χ0v) is 18.2. The van der Waals surface area contributed by atoms with E-state index >= 15 is 0 Å². The van der Waals surface area contributed by atoms with Gasteiger partial charge in [-0.05, 0) is 55.2 Å². The maximum absolute atomic E-state index is 13.0. The van der Waals surface area contributed by atoms with Crippen LogP contribution in [0.2, 0.25) is 0 Å². The Morgan fingerprint density at radius 1 is 0.900 bits per heavy atom. The van der Waals surface area contributed by atoms with Gasteiger partial charge in [-0.3, -0.25) is 9.52 Å². The first-order chi connectivity index (χ1) is 14.3. The predicted molar refractivity (Wildman–Crippen MR) is 120 cm³/mol. The van der Waals surface area contributed by atoms with Crippen molar-refractivity contribution in [2.45, 2.75) is 38.1 Å². The number of amides is 1. The molecule has 0 saturated carbocycles. The van der Waals surface area contributed by atoms with Gasteiger partial charge in [-0.1, -0.05) is 61.5 Å². The molecule has 6 heteroatoms. The van der Waals surface area contributed by atoms with Gasteiger partial charge in [-0.15, -0.1) is 0 Å².